The molecular weight excluding hydrogens is 176 g/mol. The Morgan fingerprint density at radius 3 is 2.79 bits per heavy atom. The number of hydrogen-bond donors (Lipinski definition) is 1. The zero-order valence-electron chi connectivity index (χ0n) is 8.70. The highest BCUT2D eigenvalue weighted by molar-refractivity contribution is 5.03. The smallest absolute Gasteiger partial charge is 0.106 e. The van der Waals surface area contributed by atoms with Gasteiger partial charge in [-0.1, -0.05) is 6.92 Å². The molecule has 1 aromatic heterocycles. The lowest BCUT2D eigenvalue weighted by atomic mass is 9.77. The Morgan fingerprint density at radius 2 is 2.21 bits per heavy atom. The van der Waals surface area contributed by atoms with E-state index in [4.69, 9.17) is 4.42 Å². The molecule has 0 amide bonds. The maximum Gasteiger partial charge on any atom is 0.106 e. The topological polar surface area (TPSA) is 33.4 Å². The fourth-order valence-corrected chi connectivity index (χ4v) is 2.21. The predicted octanol–water partition coefficient (Wildman–Crippen LogP) is 2.76. The zero-order valence-corrected chi connectivity index (χ0v) is 8.70. The van der Waals surface area contributed by atoms with E-state index in [1.807, 2.05) is 12.1 Å². The molecule has 0 aromatic carbocycles. The van der Waals surface area contributed by atoms with E-state index in [1.165, 1.54) is 0 Å². The van der Waals surface area contributed by atoms with Crippen LogP contribution in [0.5, 0.6) is 0 Å². The molecule has 1 N–H and O–H groups in total. The van der Waals surface area contributed by atoms with Crippen molar-refractivity contribution in [3.63, 3.8) is 0 Å². The Morgan fingerprint density at radius 1 is 1.50 bits per heavy atom. The van der Waals surface area contributed by atoms with Crippen molar-refractivity contribution in [2.75, 3.05) is 0 Å². The van der Waals surface area contributed by atoms with Crippen molar-refractivity contribution in [1.29, 1.82) is 0 Å². The summed E-state index contributed by atoms with van der Waals surface area (Å²) in [6, 6.07) is 3.82. The molecule has 0 aliphatic heterocycles. The summed E-state index contributed by atoms with van der Waals surface area (Å²) in [4.78, 5) is 0. The van der Waals surface area contributed by atoms with Crippen LogP contribution in [0.3, 0.4) is 0 Å². The SMILES string of the molecule is CC1CCC(O)(Cc2ccco2)CC1. The van der Waals surface area contributed by atoms with E-state index < -0.39 is 5.60 Å². The highest BCUT2D eigenvalue weighted by atomic mass is 16.3. The van der Waals surface area contributed by atoms with Gasteiger partial charge in [0.2, 0.25) is 0 Å². The Hall–Kier alpha value is -0.760. The van der Waals surface area contributed by atoms with Crippen molar-refractivity contribution >= 4 is 0 Å². The van der Waals surface area contributed by atoms with Crippen LogP contribution in [0, 0.1) is 5.92 Å². The molecule has 0 saturated heterocycles. The minimum atomic E-state index is -0.510. The Labute approximate surface area is 84.9 Å². The molecule has 0 atom stereocenters. The summed E-state index contributed by atoms with van der Waals surface area (Å²) < 4.78 is 5.27. The first-order valence-electron chi connectivity index (χ1n) is 5.43. The van der Waals surface area contributed by atoms with Gasteiger partial charge >= 0.3 is 0 Å². The average Bonchev–Trinajstić information content (AvgIpc) is 2.63. The molecule has 2 nitrogen and oxygen atoms in total. The Bertz CT molecular complexity index is 269. The fraction of sp³-hybridized carbons (Fsp3) is 0.667. The first-order chi connectivity index (χ1) is 6.68. The summed E-state index contributed by atoms with van der Waals surface area (Å²) >= 11 is 0. The molecule has 0 radical (unpaired) electrons. The molecule has 0 spiro atoms. The van der Waals surface area contributed by atoms with Crippen molar-refractivity contribution in [2.45, 2.75) is 44.6 Å². The van der Waals surface area contributed by atoms with Crippen LogP contribution in [0.4, 0.5) is 0 Å². The van der Waals surface area contributed by atoms with Crippen LogP contribution in [0.15, 0.2) is 22.8 Å². The van der Waals surface area contributed by atoms with Gasteiger partial charge in [0.05, 0.1) is 11.9 Å². The van der Waals surface area contributed by atoms with E-state index in [-0.39, 0.29) is 0 Å². The van der Waals surface area contributed by atoms with Crippen molar-refractivity contribution in [3.8, 4) is 0 Å². The first kappa shape index (κ1) is 9.78. The maximum absolute atomic E-state index is 10.3. The Balaban J connectivity index is 1.96. The van der Waals surface area contributed by atoms with Gasteiger partial charge in [-0.05, 0) is 43.7 Å². The third-order valence-corrected chi connectivity index (χ3v) is 3.29. The zero-order chi connectivity index (χ0) is 10.0. The number of furan rings is 1. The molecule has 0 unspecified atom stereocenters. The lowest BCUT2D eigenvalue weighted by molar-refractivity contribution is -0.0105. The van der Waals surface area contributed by atoms with Gasteiger partial charge < -0.3 is 9.52 Å². The second-order valence-corrected chi connectivity index (χ2v) is 4.66. The van der Waals surface area contributed by atoms with Gasteiger partial charge in [-0.25, -0.2) is 0 Å². The normalized spacial score (nSPS) is 33.1. The molecule has 2 rings (SSSR count). The van der Waals surface area contributed by atoms with E-state index in [1.54, 1.807) is 6.26 Å². The second kappa shape index (κ2) is 3.77. The summed E-state index contributed by atoms with van der Waals surface area (Å²) in [6.07, 6.45) is 6.44. The van der Waals surface area contributed by atoms with Crippen LogP contribution in [-0.4, -0.2) is 10.7 Å². The molecule has 2 heteroatoms. The van der Waals surface area contributed by atoms with Crippen molar-refractivity contribution in [2.24, 2.45) is 5.92 Å². The summed E-state index contributed by atoms with van der Waals surface area (Å²) in [5.41, 5.74) is -0.510. The monoisotopic (exact) mass is 194 g/mol. The highest BCUT2D eigenvalue weighted by Crippen LogP contribution is 2.34. The van der Waals surface area contributed by atoms with E-state index in [2.05, 4.69) is 6.92 Å². The van der Waals surface area contributed by atoms with Crippen LogP contribution in [0.2, 0.25) is 0 Å². The summed E-state index contributed by atoms with van der Waals surface area (Å²) in [7, 11) is 0. The van der Waals surface area contributed by atoms with Crippen LogP contribution >= 0.6 is 0 Å². The summed E-state index contributed by atoms with van der Waals surface area (Å²) in [5, 5.41) is 10.3. The molecule has 0 bridgehead atoms. The fourth-order valence-electron chi connectivity index (χ4n) is 2.21. The molecule has 1 aromatic rings. The van der Waals surface area contributed by atoms with Crippen molar-refractivity contribution in [1.82, 2.24) is 0 Å². The van der Waals surface area contributed by atoms with Gasteiger partial charge in [-0.15, -0.1) is 0 Å². The van der Waals surface area contributed by atoms with Crippen LogP contribution < -0.4 is 0 Å². The van der Waals surface area contributed by atoms with Crippen LogP contribution in [0.1, 0.15) is 38.4 Å². The lowest BCUT2D eigenvalue weighted by Gasteiger charge is -2.34. The molecule has 1 aliphatic carbocycles. The van der Waals surface area contributed by atoms with E-state index in [0.717, 1.165) is 37.4 Å². The quantitative estimate of drug-likeness (QED) is 0.785. The summed E-state index contributed by atoms with van der Waals surface area (Å²) in [5.74, 6) is 1.67. The van der Waals surface area contributed by atoms with Gasteiger partial charge in [-0.3, -0.25) is 0 Å². The van der Waals surface area contributed by atoms with Gasteiger partial charge in [0, 0.05) is 6.42 Å². The van der Waals surface area contributed by atoms with Gasteiger partial charge in [0.1, 0.15) is 5.76 Å². The molecular formula is C12H18O2. The van der Waals surface area contributed by atoms with E-state index in [9.17, 15) is 5.11 Å². The molecule has 1 saturated carbocycles. The number of hydrogen-bond acceptors (Lipinski definition) is 2. The van der Waals surface area contributed by atoms with E-state index >= 15 is 0 Å². The highest BCUT2D eigenvalue weighted by Gasteiger charge is 2.32. The van der Waals surface area contributed by atoms with E-state index in [0.29, 0.717) is 6.42 Å². The minimum absolute atomic E-state index is 0.510. The standard InChI is InChI=1S/C12H18O2/c1-10-4-6-12(13,7-5-10)9-11-3-2-8-14-11/h2-3,8,10,13H,4-7,9H2,1H3. The largest absolute Gasteiger partial charge is 0.469 e. The Kier molecular flexibility index (Phi) is 2.64. The third-order valence-electron chi connectivity index (χ3n) is 3.29. The lowest BCUT2D eigenvalue weighted by Crippen LogP contribution is -2.35. The third kappa shape index (κ3) is 2.18. The average molecular weight is 194 g/mol. The number of aliphatic hydroxyl groups is 1. The first-order valence-corrected chi connectivity index (χ1v) is 5.43. The van der Waals surface area contributed by atoms with Crippen molar-refractivity contribution < 1.29 is 9.52 Å². The van der Waals surface area contributed by atoms with Crippen LogP contribution in [-0.2, 0) is 6.42 Å². The van der Waals surface area contributed by atoms with Crippen molar-refractivity contribution in [3.05, 3.63) is 24.2 Å². The van der Waals surface area contributed by atoms with Gasteiger partial charge in [0.25, 0.3) is 0 Å². The minimum Gasteiger partial charge on any atom is -0.469 e. The predicted molar refractivity (Wildman–Crippen MR) is 55.0 cm³/mol. The number of rotatable bonds is 2. The summed E-state index contributed by atoms with van der Waals surface area (Å²) in [6.45, 7) is 2.26. The molecule has 1 heterocycles. The van der Waals surface area contributed by atoms with Crippen LogP contribution in [0.25, 0.3) is 0 Å². The molecule has 14 heavy (non-hydrogen) atoms. The second-order valence-electron chi connectivity index (χ2n) is 4.66. The maximum atomic E-state index is 10.3. The molecule has 78 valence electrons. The molecule has 1 fully saturated rings. The molecule has 1 aliphatic rings. The van der Waals surface area contributed by atoms with Gasteiger partial charge in [0.15, 0.2) is 0 Å². The van der Waals surface area contributed by atoms with Gasteiger partial charge in [-0.2, -0.15) is 0 Å².